The van der Waals surface area contributed by atoms with Gasteiger partial charge in [0.2, 0.25) is 11.9 Å². The van der Waals surface area contributed by atoms with Crippen molar-refractivity contribution in [3.05, 3.63) is 77.5 Å². The van der Waals surface area contributed by atoms with Gasteiger partial charge >= 0.3 is 5.97 Å². The number of nitrogens with one attached hydrogen (secondary N) is 1. The second-order valence-electron chi connectivity index (χ2n) is 14.0. The minimum absolute atomic E-state index is 0.0720. The summed E-state index contributed by atoms with van der Waals surface area (Å²) in [6, 6.07) is 16.7. The van der Waals surface area contributed by atoms with Gasteiger partial charge < -0.3 is 34.4 Å². The summed E-state index contributed by atoms with van der Waals surface area (Å²) in [5, 5.41) is 8.91. The molecule has 4 aliphatic heterocycles. The molecule has 274 valence electrons. The van der Waals surface area contributed by atoms with E-state index in [1.807, 2.05) is 55.1 Å². The van der Waals surface area contributed by atoms with E-state index in [1.54, 1.807) is 6.07 Å². The molecular weight excluding hydrogens is 663 g/mol. The Kier molecular flexibility index (Phi) is 10.7. The number of piperidine rings is 2. The maximum absolute atomic E-state index is 14.4. The first kappa shape index (κ1) is 35.4. The monoisotopic (exact) mass is 710 g/mol. The molecule has 0 aliphatic carbocycles. The van der Waals surface area contributed by atoms with E-state index in [0.717, 1.165) is 98.2 Å². The molecule has 0 bridgehead atoms. The summed E-state index contributed by atoms with van der Waals surface area (Å²) >= 11 is 0. The van der Waals surface area contributed by atoms with Gasteiger partial charge in [-0.15, -0.1) is 0 Å². The number of halogens is 1. The molecule has 1 aromatic carbocycles. The van der Waals surface area contributed by atoms with E-state index in [-0.39, 0.29) is 23.6 Å². The van der Waals surface area contributed by atoms with Crippen molar-refractivity contribution in [3.63, 3.8) is 0 Å². The topological polar surface area (TPSA) is 131 Å². The number of aromatic amines is 1. The van der Waals surface area contributed by atoms with Crippen LogP contribution >= 0.6 is 0 Å². The van der Waals surface area contributed by atoms with E-state index >= 15 is 0 Å². The number of carboxylic acids is 1. The fourth-order valence-corrected chi connectivity index (χ4v) is 7.57. The number of ether oxygens (including phenoxy) is 1. The molecule has 12 nitrogen and oxygen atoms in total. The number of aliphatic carboxylic acids is 1. The van der Waals surface area contributed by atoms with Crippen LogP contribution in [-0.4, -0.2) is 95.9 Å². The normalized spacial score (nSPS) is 18.2. The first-order valence-electron chi connectivity index (χ1n) is 18.4. The molecule has 3 aromatic heterocycles. The van der Waals surface area contributed by atoms with Crippen molar-refractivity contribution in [2.24, 2.45) is 11.8 Å². The van der Waals surface area contributed by atoms with E-state index in [1.165, 1.54) is 12.1 Å². The Labute approximate surface area is 303 Å². The Bertz CT molecular complexity index is 1880. The van der Waals surface area contributed by atoms with Gasteiger partial charge in [-0.2, -0.15) is 0 Å². The summed E-state index contributed by atoms with van der Waals surface area (Å²) in [5.41, 5.74) is 5.09. The Morgan fingerprint density at radius 3 is 1.94 bits per heavy atom. The zero-order valence-electron chi connectivity index (χ0n) is 29.9. The number of carbonyl (C=O) groups is 2. The van der Waals surface area contributed by atoms with Gasteiger partial charge in [-0.3, -0.25) is 9.59 Å². The highest BCUT2D eigenvalue weighted by Gasteiger charge is 2.34. The van der Waals surface area contributed by atoms with Crippen molar-refractivity contribution in [3.8, 4) is 11.3 Å². The van der Waals surface area contributed by atoms with Crippen LogP contribution in [0.4, 0.5) is 27.7 Å². The van der Waals surface area contributed by atoms with Crippen LogP contribution in [0.15, 0.2) is 54.6 Å². The minimum atomic E-state index is -0.670. The fourth-order valence-electron chi connectivity index (χ4n) is 7.57. The van der Waals surface area contributed by atoms with Crippen LogP contribution in [0.2, 0.25) is 0 Å². The predicted octanol–water partition coefficient (Wildman–Crippen LogP) is 5.25. The zero-order valence-corrected chi connectivity index (χ0v) is 29.9. The van der Waals surface area contributed by atoms with E-state index in [4.69, 9.17) is 14.8 Å². The smallest absolute Gasteiger partial charge is 0.306 e. The summed E-state index contributed by atoms with van der Waals surface area (Å²) in [6.45, 7) is 10.5. The summed E-state index contributed by atoms with van der Waals surface area (Å²) in [6.07, 6.45) is 3.61. The summed E-state index contributed by atoms with van der Waals surface area (Å²) in [4.78, 5) is 50.4. The molecule has 0 atom stereocenters. The number of hydrogen-bond donors (Lipinski definition) is 2. The van der Waals surface area contributed by atoms with Gasteiger partial charge in [-0.1, -0.05) is 12.1 Å². The Morgan fingerprint density at radius 2 is 1.37 bits per heavy atom. The first-order chi connectivity index (χ1) is 25.2. The van der Waals surface area contributed by atoms with Crippen LogP contribution in [0.5, 0.6) is 0 Å². The minimum Gasteiger partial charge on any atom is -0.481 e. The van der Waals surface area contributed by atoms with Crippen molar-refractivity contribution in [2.75, 3.05) is 78.6 Å². The molecule has 0 saturated carbocycles. The maximum Gasteiger partial charge on any atom is 0.306 e. The largest absolute Gasteiger partial charge is 0.481 e. The van der Waals surface area contributed by atoms with Crippen LogP contribution in [0.3, 0.4) is 0 Å². The molecule has 7 heterocycles. The number of aryl methyl sites for hydroxylation is 2. The third-order valence-corrected chi connectivity index (χ3v) is 10.5. The highest BCUT2D eigenvalue weighted by molar-refractivity contribution is 5.99. The lowest BCUT2D eigenvalue weighted by Crippen LogP contribution is -2.43. The quantitative estimate of drug-likeness (QED) is 0.283. The Balaban J connectivity index is 0.000000220. The van der Waals surface area contributed by atoms with Gasteiger partial charge in [-0.05, 0) is 82.0 Å². The van der Waals surface area contributed by atoms with E-state index in [0.29, 0.717) is 44.6 Å². The number of hydrogen-bond acceptors (Lipinski definition) is 9. The summed E-state index contributed by atoms with van der Waals surface area (Å²) in [7, 11) is 0. The lowest BCUT2D eigenvalue weighted by atomic mass is 9.94. The molecule has 2 N–H and O–H groups in total. The van der Waals surface area contributed by atoms with Gasteiger partial charge in [0.15, 0.2) is 0 Å². The third kappa shape index (κ3) is 7.89. The number of imidazole rings is 1. The maximum atomic E-state index is 14.4. The van der Waals surface area contributed by atoms with Crippen LogP contribution in [0, 0.1) is 31.5 Å². The fraction of sp³-hybridized carbons (Fsp3) is 0.462. The number of morpholine rings is 1. The number of amides is 1. The highest BCUT2D eigenvalue weighted by atomic mass is 19.1. The number of pyridine rings is 2. The number of carbonyl (C=O) groups excluding carboxylic acids is 1. The van der Waals surface area contributed by atoms with E-state index in [2.05, 4.69) is 29.7 Å². The van der Waals surface area contributed by atoms with Gasteiger partial charge in [-0.25, -0.2) is 19.3 Å². The first-order valence-corrected chi connectivity index (χ1v) is 18.4. The number of carboxylic acid groups (broad SMARTS) is 1. The second kappa shape index (κ2) is 15.7. The molecular formula is C39H47FN8O4. The van der Waals surface area contributed by atoms with Crippen LogP contribution in [-0.2, 0) is 20.7 Å². The van der Waals surface area contributed by atoms with Gasteiger partial charge in [0.05, 0.1) is 30.5 Å². The average Bonchev–Trinajstić information content (AvgIpc) is 3.54. The van der Waals surface area contributed by atoms with E-state index in [9.17, 15) is 14.0 Å². The lowest BCUT2D eigenvalue weighted by molar-refractivity contribution is -0.142. The number of anilines is 4. The molecule has 3 fully saturated rings. The van der Waals surface area contributed by atoms with Crippen molar-refractivity contribution >= 4 is 35.1 Å². The summed E-state index contributed by atoms with van der Waals surface area (Å²) in [5.74, 6) is 1.58. The zero-order chi connectivity index (χ0) is 36.2. The molecule has 8 rings (SSSR count). The average molecular weight is 711 g/mol. The second-order valence-corrected chi connectivity index (χ2v) is 14.0. The van der Waals surface area contributed by atoms with Crippen molar-refractivity contribution < 1.29 is 23.8 Å². The van der Waals surface area contributed by atoms with Gasteiger partial charge in [0.1, 0.15) is 17.5 Å². The number of H-pyrrole nitrogens is 1. The molecule has 4 aromatic rings. The van der Waals surface area contributed by atoms with Crippen LogP contribution in [0.1, 0.15) is 42.8 Å². The SMILES string of the molecule is Cc1cccc(N2CCC(C(=O)N3CCc4[nH]c(N5CCOCC5)nc4-c4cc(F)ccc43)CC2)n1.Cc1cccc(N2CCC(C(=O)O)CC2)n1. The van der Waals surface area contributed by atoms with Gasteiger partial charge in [0, 0.05) is 80.8 Å². The summed E-state index contributed by atoms with van der Waals surface area (Å²) < 4.78 is 19.9. The predicted molar refractivity (Wildman–Crippen MR) is 199 cm³/mol. The molecule has 3 saturated heterocycles. The number of fused-ring (bicyclic) bond motifs is 3. The lowest BCUT2D eigenvalue weighted by Gasteiger charge is -2.35. The third-order valence-electron chi connectivity index (χ3n) is 10.5. The molecule has 0 spiro atoms. The highest BCUT2D eigenvalue weighted by Crippen LogP contribution is 2.38. The van der Waals surface area contributed by atoms with Crippen LogP contribution in [0.25, 0.3) is 11.3 Å². The number of rotatable bonds is 5. The number of nitrogens with zero attached hydrogens (tertiary/aromatic N) is 7. The molecule has 0 unspecified atom stereocenters. The van der Waals surface area contributed by atoms with Gasteiger partial charge in [0.25, 0.3) is 0 Å². The Hall–Kier alpha value is -5.04. The van der Waals surface area contributed by atoms with Crippen molar-refractivity contribution in [1.29, 1.82) is 0 Å². The molecule has 52 heavy (non-hydrogen) atoms. The molecule has 1 amide bonds. The number of benzene rings is 1. The number of aromatic nitrogens is 4. The molecule has 4 aliphatic rings. The molecule has 13 heteroatoms. The standard InChI is InChI=1S/C27H31FN6O2.C12H16N2O2/c1-18-3-2-4-24(29-18)32-10-7-19(8-11-32)26(35)34-12-9-22-25(21-17-20(28)5-6-23(21)34)31-27(30-22)33-13-15-36-16-14-33;1-9-3-2-4-11(13-9)14-7-5-10(6-8-14)12(15)16/h2-6,17,19H,7-16H2,1H3,(H,30,31);2-4,10H,5-8H2,1H3,(H,15,16). The molecule has 0 radical (unpaired) electrons. The van der Waals surface area contributed by atoms with Crippen molar-refractivity contribution in [2.45, 2.75) is 46.0 Å². The van der Waals surface area contributed by atoms with Crippen LogP contribution < -0.4 is 19.6 Å². The van der Waals surface area contributed by atoms with E-state index < -0.39 is 5.97 Å². The van der Waals surface area contributed by atoms with Crippen molar-refractivity contribution in [1.82, 2.24) is 19.9 Å². The Morgan fingerprint density at radius 1 is 0.769 bits per heavy atom.